The Labute approximate surface area is 90.0 Å². The molecule has 0 aromatic carbocycles. The first-order valence-electron chi connectivity index (χ1n) is 5.69. The highest BCUT2D eigenvalue weighted by Crippen LogP contribution is 2.40. The first-order chi connectivity index (χ1) is 7.36. The van der Waals surface area contributed by atoms with Crippen molar-refractivity contribution in [2.45, 2.75) is 19.4 Å². The van der Waals surface area contributed by atoms with Crippen molar-refractivity contribution >= 4 is 0 Å². The molecule has 2 fully saturated rings. The summed E-state index contributed by atoms with van der Waals surface area (Å²) in [5, 5.41) is 0. The van der Waals surface area contributed by atoms with Gasteiger partial charge < -0.3 is 9.15 Å². The SMILES string of the molecule is c1coc(CN2CC3(CCOCC3)C2)c1. The molecule has 2 saturated heterocycles. The van der Waals surface area contributed by atoms with E-state index in [1.165, 1.54) is 25.9 Å². The molecule has 2 aliphatic heterocycles. The summed E-state index contributed by atoms with van der Waals surface area (Å²) >= 11 is 0. The molecule has 3 heterocycles. The number of hydrogen-bond donors (Lipinski definition) is 0. The highest BCUT2D eigenvalue weighted by molar-refractivity contribution is 5.02. The molecule has 2 aliphatic rings. The molecule has 0 radical (unpaired) electrons. The Balaban J connectivity index is 1.53. The van der Waals surface area contributed by atoms with Gasteiger partial charge in [-0.25, -0.2) is 0 Å². The highest BCUT2D eigenvalue weighted by Gasteiger charge is 2.43. The van der Waals surface area contributed by atoms with Crippen molar-refractivity contribution in [1.29, 1.82) is 0 Å². The molecular weight excluding hydrogens is 190 g/mol. The second-order valence-electron chi connectivity index (χ2n) is 4.84. The van der Waals surface area contributed by atoms with Gasteiger partial charge in [-0.2, -0.15) is 0 Å². The van der Waals surface area contributed by atoms with Crippen molar-refractivity contribution in [2.24, 2.45) is 5.41 Å². The van der Waals surface area contributed by atoms with Crippen molar-refractivity contribution in [2.75, 3.05) is 26.3 Å². The van der Waals surface area contributed by atoms with Crippen LogP contribution in [0.1, 0.15) is 18.6 Å². The van der Waals surface area contributed by atoms with Crippen molar-refractivity contribution in [3.8, 4) is 0 Å². The monoisotopic (exact) mass is 207 g/mol. The van der Waals surface area contributed by atoms with Gasteiger partial charge in [-0.15, -0.1) is 0 Å². The summed E-state index contributed by atoms with van der Waals surface area (Å²) in [4.78, 5) is 2.46. The number of likely N-dealkylation sites (tertiary alicyclic amines) is 1. The largest absolute Gasteiger partial charge is 0.468 e. The first-order valence-corrected chi connectivity index (χ1v) is 5.69. The minimum atomic E-state index is 0.574. The lowest BCUT2D eigenvalue weighted by Crippen LogP contribution is -2.57. The van der Waals surface area contributed by atoms with Crippen molar-refractivity contribution < 1.29 is 9.15 Å². The van der Waals surface area contributed by atoms with Gasteiger partial charge in [0.05, 0.1) is 12.8 Å². The average molecular weight is 207 g/mol. The number of nitrogens with zero attached hydrogens (tertiary/aromatic N) is 1. The molecule has 15 heavy (non-hydrogen) atoms. The fourth-order valence-corrected chi connectivity index (χ4v) is 2.76. The Morgan fingerprint density at radius 1 is 1.27 bits per heavy atom. The molecule has 0 atom stereocenters. The van der Waals surface area contributed by atoms with E-state index in [2.05, 4.69) is 11.0 Å². The molecule has 1 aromatic rings. The van der Waals surface area contributed by atoms with E-state index >= 15 is 0 Å². The zero-order chi connectivity index (χ0) is 10.1. The molecule has 0 N–H and O–H groups in total. The molecule has 0 bridgehead atoms. The number of furan rings is 1. The lowest BCUT2D eigenvalue weighted by Gasteiger charge is -2.52. The fraction of sp³-hybridized carbons (Fsp3) is 0.667. The molecule has 0 unspecified atom stereocenters. The van der Waals surface area contributed by atoms with Gasteiger partial charge in [0.15, 0.2) is 0 Å². The minimum absolute atomic E-state index is 0.574. The van der Waals surface area contributed by atoms with Gasteiger partial charge in [-0.05, 0) is 25.0 Å². The third-order valence-electron chi connectivity index (χ3n) is 3.63. The average Bonchev–Trinajstić information content (AvgIpc) is 2.70. The summed E-state index contributed by atoms with van der Waals surface area (Å²) in [6.07, 6.45) is 4.22. The van der Waals surface area contributed by atoms with Gasteiger partial charge in [-0.1, -0.05) is 0 Å². The standard InChI is InChI=1S/C12H17NO2/c1-2-11(15-5-1)8-13-9-12(10-13)3-6-14-7-4-12/h1-2,5H,3-4,6-10H2. The van der Waals surface area contributed by atoms with Gasteiger partial charge >= 0.3 is 0 Å². The molecule has 0 aliphatic carbocycles. The Bertz CT molecular complexity index is 306. The number of ether oxygens (including phenoxy) is 1. The van der Waals surface area contributed by atoms with Crippen LogP contribution in [0.3, 0.4) is 0 Å². The van der Waals surface area contributed by atoms with Gasteiger partial charge in [0.1, 0.15) is 5.76 Å². The zero-order valence-electron chi connectivity index (χ0n) is 8.95. The van der Waals surface area contributed by atoms with Crippen LogP contribution in [0.5, 0.6) is 0 Å². The molecular formula is C12H17NO2. The first kappa shape index (κ1) is 9.43. The second kappa shape index (κ2) is 3.65. The molecule has 1 aromatic heterocycles. The third kappa shape index (κ3) is 1.82. The minimum Gasteiger partial charge on any atom is -0.468 e. The molecule has 0 amide bonds. The van der Waals surface area contributed by atoms with Crippen LogP contribution in [0, 0.1) is 5.41 Å². The normalized spacial score (nSPS) is 25.3. The Hall–Kier alpha value is -0.800. The summed E-state index contributed by atoms with van der Waals surface area (Å²) in [5.74, 6) is 1.08. The molecule has 1 spiro atoms. The van der Waals surface area contributed by atoms with Crippen LogP contribution in [0.4, 0.5) is 0 Å². The molecule has 82 valence electrons. The van der Waals surface area contributed by atoms with E-state index in [1.807, 2.05) is 6.07 Å². The van der Waals surface area contributed by atoms with Crippen LogP contribution >= 0.6 is 0 Å². The maximum Gasteiger partial charge on any atom is 0.117 e. The molecule has 0 saturated carbocycles. The summed E-state index contributed by atoms with van der Waals surface area (Å²) in [7, 11) is 0. The summed E-state index contributed by atoms with van der Waals surface area (Å²) in [6, 6.07) is 4.01. The van der Waals surface area contributed by atoms with E-state index < -0.39 is 0 Å². The van der Waals surface area contributed by atoms with E-state index in [1.54, 1.807) is 6.26 Å². The second-order valence-corrected chi connectivity index (χ2v) is 4.84. The summed E-state index contributed by atoms with van der Waals surface area (Å²) in [6.45, 7) is 5.31. The molecule has 3 heteroatoms. The van der Waals surface area contributed by atoms with Gasteiger partial charge in [0.2, 0.25) is 0 Å². The Morgan fingerprint density at radius 3 is 2.73 bits per heavy atom. The number of hydrogen-bond acceptors (Lipinski definition) is 3. The van der Waals surface area contributed by atoms with E-state index in [0.29, 0.717) is 5.41 Å². The van der Waals surface area contributed by atoms with Crippen LogP contribution in [0.15, 0.2) is 22.8 Å². The van der Waals surface area contributed by atoms with E-state index in [9.17, 15) is 0 Å². The van der Waals surface area contributed by atoms with Crippen molar-refractivity contribution in [3.05, 3.63) is 24.2 Å². The third-order valence-corrected chi connectivity index (χ3v) is 3.63. The molecule has 3 nitrogen and oxygen atoms in total. The Morgan fingerprint density at radius 2 is 2.07 bits per heavy atom. The van der Waals surface area contributed by atoms with E-state index in [0.717, 1.165) is 25.5 Å². The predicted octanol–water partition coefficient (Wildman–Crippen LogP) is 1.89. The smallest absolute Gasteiger partial charge is 0.117 e. The van der Waals surface area contributed by atoms with Crippen LogP contribution in [0.2, 0.25) is 0 Å². The highest BCUT2D eigenvalue weighted by atomic mass is 16.5. The molecule has 3 rings (SSSR count). The summed E-state index contributed by atoms with van der Waals surface area (Å²) < 4.78 is 10.8. The Kier molecular flexibility index (Phi) is 2.29. The zero-order valence-corrected chi connectivity index (χ0v) is 8.95. The van der Waals surface area contributed by atoms with Gasteiger partial charge in [0.25, 0.3) is 0 Å². The van der Waals surface area contributed by atoms with Crippen molar-refractivity contribution in [3.63, 3.8) is 0 Å². The van der Waals surface area contributed by atoms with Gasteiger partial charge in [-0.3, -0.25) is 4.90 Å². The fourth-order valence-electron chi connectivity index (χ4n) is 2.76. The lowest BCUT2D eigenvalue weighted by atomic mass is 9.73. The topological polar surface area (TPSA) is 25.6 Å². The van der Waals surface area contributed by atoms with Crippen LogP contribution in [-0.2, 0) is 11.3 Å². The quantitative estimate of drug-likeness (QED) is 0.740. The van der Waals surface area contributed by atoms with Crippen LogP contribution < -0.4 is 0 Å². The maximum absolute atomic E-state index is 5.40. The van der Waals surface area contributed by atoms with Gasteiger partial charge in [0, 0.05) is 31.7 Å². The lowest BCUT2D eigenvalue weighted by molar-refractivity contribution is -0.0856. The maximum atomic E-state index is 5.40. The summed E-state index contributed by atoms with van der Waals surface area (Å²) in [5.41, 5.74) is 0.574. The van der Waals surface area contributed by atoms with E-state index in [-0.39, 0.29) is 0 Å². The van der Waals surface area contributed by atoms with Crippen LogP contribution in [-0.4, -0.2) is 31.2 Å². The van der Waals surface area contributed by atoms with Crippen molar-refractivity contribution in [1.82, 2.24) is 4.90 Å². The number of rotatable bonds is 2. The van der Waals surface area contributed by atoms with Crippen LogP contribution in [0.25, 0.3) is 0 Å². The predicted molar refractivity (Wildman–Crippen MR) is 56.5 cm³/mol. The van der Waals surface area contributed by atoms with E-state index in [4.69, 9.17) is 9.15 Å².